The third-order valence-electron chi connectivity index (χ3n) is 8.12. The Kier molecular flexibility index (Phi) is 10.7. The average molecular weight is 604 g/mol. The molecule has 2 aromatic carbocycles. The number of nitrogens with zero attached hydrogens (tertiary/aromatic N) is 6. The maximum absolute atomic E-state index is 6.40. The van der Waals surface area contributed by atoms with Crippen LogP contribution in [0.5, 0.6) is 5.75 Å². The van der Waals surface area contributed by atoms with Crippen LogP contribution in [0.25, 0.3) is 0 Å². The number of anilines is 3. The molecule has 1 aromatic heterocycles. The molecule has 0 amide bonds. The second-order valence-corrected chi connectivity index (χ2v) is 12.0. The molecule has 44 heavy (non-hydrogen) atoms. The van der Waals surface area contributed by atoms with E-state index in [2.05, 4.69) is 120 Å². The first-order valence-electron chi connectivity index (χ1n) is 16.0. The summed E-state index contributed by atoms with van der Waals surface area (Å²) in [6, 6.07) is 17.3. The first-order chi connectivity index (χ1) is 21.4. The Bertz CT molecular complexity index is 1310. The van der Waals surface area contributed by atoms with Crippen molar-refractivity contribution in [1.29, 1.82) is 0 Å². The zero-order chi connectivity index (χ0) is 30.9. The first kappa shape index (κ1) is 31.7. The Labute approximate surface area is 262 Å². The van der Waals surface area contributed by atoms with Crippen LogP contribution in [0.15, 0.2) is 72.8 Å². The molecule has 0 aliphatic carbocycles. The van der Waals surface area contributed by atoms with E-state index >= 15 is 0 Å². The second-order valence-electron chi connectivity index (χ2n) is 12.0. The van der Waals surface area contributed by atoms with Crippen LogP contribution >= 0.6 is 0 Å². The van der Waals surface area contributed by atoms with Crippen molar-refractivity contribution >= 4 is 17.1 Å². The fourth-order valence-corrected chi connectivity index (χ4v) is 6.01. The van der Waals surface area contributed by atoms with Crippen LogP contribution in [0.3, 0.4) is 0 Å². The lowest BCUT2D eigenvalue weighted by Crippen LogP contribution is -2.46. The van der Waals surface area contributed by atoms with Gasteiger partial charge in [0.1, 0.15) is 30.8 Å². The van der Waals surface area contributed by atoms with Gasteiger partial charge in [-0.3, -0.25) is 0 Å². The molecule has 2 atom stereocenters. The molecule has 3 aromatic rings. The molecule has 1 N–H and O–H groups in total. The summed E-state index contributed by atoms with van der Waals surface area (Å²) in [7, 11) is 2.12. The summed E-state index contributed by atoms with van der Waals surface area (Å²) in [6.45, 7) is 14.8. The van der Waals surface area contributed by atoms with E-state index in [4.69, 9.17) is 14.2 Å². The molecule has 10 nitrogen and oxygen atoms in total. The van der Waals surface area contributed by atoms with E-state index in [-0.39, 0.29) is 6.10 Å². The Morgan fingerprint density at radius 1 is 1.00 bits per heavy atom. The Morgan fingerprint density at radius 3 is 2.18 bits per heavy atom. The topological polar surface area (TPSA) is 80.2 Å². The van der Waals surface area contributed by atoms with Gasteiger partial charge < -0.3 is 34.2 Å². The monoisotopic (exact) mass is 603 g/mol. The minimum atomic E-state index is -0.729. The van der Waals surface area contributed by atoms with Gasteiger partial charge in [-0.25, -0.2) is 0 Å². The third-order valence-corrected chi connectivity index (χ3v) is 8.12. The number of piperazine rings is 1. The van der Waals surface area contributed by atoms with Crippen molar-refractivity contribution in [2.75, 3.05) is 67.7 Å². The normalized spacial score (nSPS) is 20.8. The van der Waals surface area contributed by atoms with Crippen molar-refractivity contribution in [3.05, 3.63) is 72.8 Å². The van der Waals surface area contributed by atoms with Crippen LogP contribution in [0, 0.1) is 5.92 Å². The molecule has 2 aliphatic rings. The van der Waals surface area contributed by atoms with Crippen LogP contribution in [0.2, 0.25) is 0 Å². The second kappa shape index (κ2) is 14.8. The van der Waals surface area contributed by atoms with Crippen molar-refractivity contribution in [2.45, 2.75) is 59.0 Å². The van der Waals surface area contributed by atoms with E-state index < -0.39 is 5.79 Å². The Hall–Kier alpha value is -3.76. The summed E-state index contributed by atoms with van der Waals surface area (Å²) in [5.74, 6) is 1.67. The number of rotatable bonds is 14. The summed E-state index contributed by atoms with van der Waals surface area (Å²) in [4.78, 5) is 8.76. The highest BCUT2D eigenvalue weighted by Gasteiger charge is 2.43. The largest absolute Gasteiger partial charge is 0.491 e. The first-order valence-corrected chi connectivity index (χ1v) is 16.0. The van der Waals surface area contributed by atoms with Gasteiger partial charge in [-0.15, -0.1) is 0 Å². The number of hydrogen-bond donors (Lipinski definition) is 1. The molecule has 0 spiro atoms. The van der Waals surface area contributed by atoms with Crippen LogP contribution in [-0.2, 0) is 16.0 Å². The molecule has 0 bridgehead atoms. The van der Waals surface area contributed by atoms with E-state index in [0.29, 0.717) is 25.7 Å². The highest BCUT2D eigenvalue weighted by molar-refractivity contribution is 5.59. The molecule has 3 heterocycles. The quantitative estimate of drug-likeness (QED) is 0.270. The molecule has 2 fully saturated rings. The van der Waals surface area contributed by atoms with Crippen molar-refractivity contribution in [2.24, 2.45) is 5.92 Å². The molecule has 238 valence electrons. The average Bonchev–Trinajstić information content (AvgIpc) is 3.69. The minimum Gasteiger partial charge on any atom is -0.491 e. The maximum atomic E-state index is 6.40. The molecule has 10 heteroatoms. The van der Waals surface area contributed by atoms with Gasteiger partial charge in [0.25, 0.3) is 0 Å². The van der Waals surface area contributed by atoms with Crippen molar-refractivity contribution in [1.82, 2.24) is 20.3 Å². The third kappa shape index (κ3) is 8.04. The number of aromatic nitrogens is 3. The number of allylic oxidation sites excluding steroid dienone is 1. The molecular weight excluding hydrogens is 554 g/mol. The zero-order valence-electron chi connectivity index (χ0n) is 27.0. The van der Waals surface area contributed by atoms with Gasteiger partial charge >= 0.3 is 0 Å². The smallest absolute Gasteiger partial charge is 0.190 e. The van der Waals surface area contributed by atoms with Gasteiger partial charge in [-0.1, -0.05) is 20.8 Å². The lowest BCUT2D eigenvalue weighted by Gasteiger charge is -2.37. The van der Waals surface area contributed by atoms with Crippen LogP contribution in [-0.4, -0.2) is 79.9 Å². The SMILES string of the molecule is CC/C=C(/NCC)N(C)c1ccc(N2CCN(c3ccc(OCC4COC(CC(C)C)(Cn5nccn5)O4)cc3)CC2)cc1. The number of ether oxygens (including phenoxy) is 3. The molecule has 2 aliphatic heterocycles. The van der Waals surface area contributed by atoms with Crippen LogP contribution < -0.4 is 24.8 Å². The summed E-state index contributed by atoms with van der Waals surface area (Å²) in [6.07, 6.45) is 7.20. The lowest BCUT2D eigenvalue weighted by atomic mass is 10.0. The van der Waals surface area contributed by atoms with Crippen molar-refractivity contribution < 1.29 is 14.2 Å². The molecule has 2 unspecified atom stereocenters. The van der Waals surface area contributed by atoms with Gasteiger partial charge in [-0.2, -0.15) is 15.0 Å². The summed E-state index contributed by atoms with van der Waals surface area (Å²) in [5.41, 5.74) is 3.67. The number of hydrogen-bond acceptors (Lipinski definition) is 9. The predicted molar refractivity (Wildman–Crippen MR) is 176 cm³/mol. The molecule has 0 radical (unpaired) electrons. The van der Waals surface area contributed by atoms with E-state index in [9.17, 15) is 0 Å². The fourth-order valence-electron chi connectivity index (χ4n) is 6.01. The summed E-state index contributed by atoms with van der Waals surface area (Å²) >= 11 is 0. The predicted octanol–water partition coefficient (Wildman–Crippen LogP) is 5.14. The molecule has 0 saturated carbocycles. The number of nitrogens with one attached hydrogen (secondary N) is 1. The van der Waals surface area contributed by atoms with E-state index in [1.54, 1.807) is 17.2 Å². The summed E-state index contributed by atoms with van der Waals surface area (Å²) < 4.78 is 18.7. The van der Waals surface area contributed by atoms with E-state index in [1.807, 2.05) is 0 Å². The van der Waals surface area contributed by atoms with Crippen molar-refractivity contribution in [3.63, 3.8) is 0 Å². The minimum absolute atomic E-state index is 0.144. The molecular formula is C34H49N7O3. The standard InChI is InChI=1S/C34H49N7O3/c1-6-8-33(35-7-2)38(5)28-9-11-29(12-10-28)39-19-21-40(22-20-39)30-13-15-31(16-14-30)42-24-32-25-43-34(44-32,23-27(3)4)26-41-36-17-18-37-41/h8-18,27,32,35H,6-7,19-26H2,1-5H3/b33-8-. The van der Waals surface area contributed by atoms with Gasteiger partial charge in [-0.05, 0) is 73.9 Å². The van der Waals surface area contributed by atoms with Gasteiger partial charge in [0.2, 0.25) is 0 Å². The highest BCUT2D eigenvalue weighted by atomic mass is 16.8. The molecule has 5 rings (SSSR count). The lowest BCUT2D eigenvalue weighted by molar-refractivity contribution is -0.193. The van der Waals surface area contributed by atoms with Crippen molar-refractivity contribution in [3.8, 4) is 5.75 Å². The van der Waals surface area contributed by atoms with E-state index in [0.717, 1.165) is 57.1 Å². The van der Waals surface area contributed by atoms with Gasteiger partial charge in [0.05, 0.1) is 19.0 Å². The number of benzene rings is 2. The van der Waals surface area contributed by atoms with Crippen LogP contribution in [0.1, 0.15) is 40.5 Å². The molecule has 2 saturated heterocycles. The van der Waals surface area contributed by atoms with Crippen LogP contribution in [0.4, 0.5) is 17.1 Å². The van der Waals surface area contributed by atoms with Gasteiger partial charge in [0, 0.05) is 63.3 Å². The highest BCUT2D eigenvalue weighted by Crippen LogP contribution is 2.32. The fraction of sp³-hybridized carbons (Fsp3) is 0.529. The Balaban J connectivity index is 1.09. The maximum Gasteiger partial charge on any atom is 0.190 e. The summed E-state index contributed by atoms with van der Waals surface area (Å²) in [5, 5.41) is 12.0. The van der Waals surface area contributed by atoms with E-state index in [1.165, 1.54) is 17.1 Å². The zero-order valence-corrected chi connectivity index (χ0v) is 27.0. The Morgan fingerprint density at radius 2 is 1.61 bits per heavy atom. The van der Waals surface area contributed by atoms with Gasteiger partial charge in [0.15, 0.2) is 5.79 Å².